The molecule has 0 aliphatic rings. The molecule has 0 fully saturated rings. The van der Waals surface area contributed by atoms with Gasteiger partial charge in [0.25, 0.3) is 6.17 Å². The van der Waals surface area contributed by atoms with E-state index in [9.17, 15) is 74.6 Å². The second kappa shape index (κ2) is 8.03. The molecule has 0 aromatic heterocycles. The summed E-state index contributed by atoms with van der Waals surface area (Å²) in [5, 5.41) is 0. The fourth-order valence-electron chi connectivity index (χ4n) is 1.85. The summed E-state index contributed by atoms with van der Waals surface area (Å²) in [6.45, 7) is -1.66. The van der Waals surface area contributed by atoms with E-state index in [1.165, 1.54) is 0 Å². The van der Waals surface area contributed by atoms with Gasteiger partial charge >= 0.3 is 42.2 Å². The lowest BCUT2D eigenvalue weighted by Gasteiger charge is -2.44. The molecule has 0 amide bonds. The first-order valence-corrected chi connectivity index (χ1v) is 7.29. The summed E-state index contributed by atoms with van der Waals surface area (Å²) in [6.07, 6.45) is -22.3. The number of hydrogen-bond donors (Lipinski definition) is 0. The van der Waals surface area contributed by atoms with E-state index in [1.54, 1.807) is 0 Å². The minimum atomic E-state index is -7.89. The molecule has 0 radical (unpaired) electrons. The molecule has 0 N–H and O–H groups in total. The number of alkyl halides is 17. The molecular weight excluding hydrogens is 481 g/mol. The molecule has 0 aromatic rings. The van der Waals surface area contributed by atoms with E-state index in [0.29, 0.717) is 0 Å². The molecule has 30 heavy (non-hydrogen) atoms. The lowest BCUT2D eigenvalue weighted by atomic mass is 10.0. The fourth-order valence-corrected chi connectivity index (χ4v) is 1.85. The van der Waals surface area contributed by atoms with Gasteiger partial charge in [-0.25, -0.2) is 4.39 Å². The van der Waals surface area contributed by atoms with Gasteiger partial charge in [0, 0.05) is 6.54 Å². The molecule has 0 saturated carbocycles. The molecule has 0 saturated heterocycles. The molecule has 0 aliphatic carbocycles. The molecule has 0 rings (SSSR count). The summed E-state index contributed by atoms with van der Waals surface area (Å²) >= 11 is 0. The number of unbranched alkanes of at least 4 members (excludes halogenated alkanes) is 1. The Morgan fingerprint density at radius 3 is 1.33 bits per heavy atom. The van der Waals surface area contributed by atoms with Crippen molar-refractivity contribution < 1.29 is 74.6 Å². The molecule has 182 valence electrons. The lowest BCUT2D eigenvalue weighted by Crippen LogP contribution is -2.73. The van der Waals surface area contributed by atoms with E-state index in [1.807, 2.05) is 0 Å². The van der Waals surface area contributed by atoms with Crippen LogP contribution < -0.4 is 0 Å². The van der Waals surface area contributed by atoms with Crippen molar-refractivity contribution in [2.24, 2.45) is 0 Å². The smallest absolute Gasteiger partial charge is 0.230 e. The number of rotatable bonds is 9. The minimum absolute atomic E-state index is 0.645. The van der Waals surface area contributed by atoms with E-state index in [4.69, 9.17) is 0 Å². The van der Waals surface area contributed by atoms with Crippen LogP contribution in [0.5, 0.6) is 0 Å². The van der Waals surface area contributed by atoms with E-state index in [0.717, 1.165) is 6.92 Å². The van der Waals surface area contributed by atoms with Crippen molar-refractivity contribution in [2.75, 3.05) is 6.54 Å². The van der Waals surface area contributed by atoms with Gasteiger partial charge in [0.05, 0.1) is 0 Å². The Hall–Kier alpha value is -1.23. The van der Waals surface area contributed by atoms with Gasteiger partial charge in [-0.2, -0.15) is 75.1 Å². The normalized spacial score (nSPS) is 16.9. The second-order valence-corrected chi connectivity index (χ2v) is 5.76. The zero-order valence-electron chi connectivity index (χ0n) is 14.1. The van der Waals surface area contributed by atoms with E-state index < -0.39 is 72.7 Å². The SMILES string of the molecule is CCCCN(C(F)(F)C(F)(F)C(F)C(F)(F)F)C(F)(F)C(F)(F)C(F)(F)C(F)(F)F. The zero-order chi connectivity index (χ0) is 24.8. The quantitative estimate of drug-likeness (QED) is 0.258. The number of nitrogens with zero attached hydrogens (tertiary/aromatic N) is 1. The van der Waals surface area contributed by atoms with Crippen molar-refractivity contribution in [3.05, 3.63) is 0 Å². The Bertz CT molecular complexity index is 574. The van der Waals surface area contributed by atoms with Crippen LogP contribution in [0.3, 0.4) is 0 Å². The maximum absolute atomic E-state index is 13.8. The van der Waals surface area contributed by atoms with Crippen molar-refractivity contribution in [1.82, 2.24) is 4.90 Å². The molecule has 1 nitrogen and oxygen atoms in total. The molecule has 1 unspecified atom stereocenters. The Morgan fingerprint density at radius 2 is 1.03 bits per heavy atom. The standard InChI is InChI=1S/C12H10F17N/c1-2-3-4-30(11(26,27)6(14,15)5(13)7(16,17)18)12(28,29)9(21,22)8(19,20)10(23,24)25/h5H,2-4H2,1H3. The van der Waals surface area contributed by atoms with Crippen LogP contribution in [0, 0.1) is 0 Å². The van der Waals surface area contributed by atoms with Crippen LogP contribution in [0.1, 0.15) is 19.8 Å². The molecule has 18 heteroatoms. The van der Waals surface area contributed by atoms with Crippen LogP contribution in [0.15, 0.2) is 0 Å². The topological polar surface area (TPSA) is 3.24 Å². The van der Waals surface area contributed by atoms with Crippen LogP contribution in [0.4, 0.5) is 74.6 Å². The van der Waals surface area contributed by atoms with Crippen molar-refractivity contribution in [3.63, 3.8) is 0 Å². The summed E-state index contributed by atoms with van der Waals surface area (Å²) in [6, 6.07) is -14.8. The van der Waals surface area contributed by atoms with E-state index >= 15 is 0 Å². The summed E-state index contributed by atoms with van der Waals surface area (Å²) in [7, 11) is 0. The Morgan fingerprint density at radius 1 is 0.633 bits per heavy atom. The Labute approximate surface area is 155 Å². The van der Waals surface area contributed by atoms with Gasteiger partial charge in [-0.15, -0.1) is 0 Å². The third kappa shape index (κ3) is 4.51. The van der Waals surface area contributed by atoms with Gasteiger partial charge in [-0.1, -0.05) is 13.3 Å². The maximum Gasteiger partial charge on any atom is 0.460 e. The first-order chi connectivity index (χ1) is 12.8. The van der Waals surface area contributed by atoms with Crippen molar-refractivity contribution in [3.8, 4) is 0 Å². The monoisotopic (exact) mass is 491 g/mol. The van der Waals surface area contributed by atoms with Gasteiger partial charge in [0.2, 0.25) is 0 Å². The minimum Gasteiger partial charge on any atom is -0.230 e. The summed E-state index contributed by atoms with van der Waals surface area (Å²) in [5.74, 6) is -23.0. The lowest BCUT2D eigenvalue weighted by molar-refractivity contribution is -0.455. The van der Waals surface area contributed by atoms with Gasteiger partial charge < -0.3 is 0 Å². The highest BCUT2D eigenvalue weighted by molar-refractivity contribution is 5.04. The second-order valence-electron chi connectivity index (χ2n) is 5.76. The van der Waals surface area contributed by atoms with Crippen molar-refractivity contribution >= 4 is 0 Å². The summed E-state index contributed by atoms with van der Waals surface area (Å²) < 4.78 is 219. The average molecular weight is 491 g/mol. The summed E-state index contributed by atoms with van der Waals surface area (Å²) in [4.78, 5) is -2.98. The largest absolute Gasteiger partial charge is 0.460 e. The maximum atomic E-state index is 13.8. The van der Waals surface area contributed by atoms with E-state index in [-0.39, 0.29) is 0 Å². The molecule has 1 atom stereocenters. The predicted octanol–water partition coefficient (Wildman–Crippen LogP) is 6.64. The highest BCUT2D eigenvalue weighted by atomic mass is 19.4. The average Bonchev–Trinajstić information content (AvgIpc) is 2.51. The number of halogens is 17. The van der Waals surface area contributed by atoms with Crippen LogP contribution in [0.2, 0.25) is 0 Å². The van der Waals surface area contributed by atoms with Gasteiger partial charge in [0.1, 0.15) is 0 Å². The van der Waals surface area contributed by atoms with Crippen LogP contribution in [-0.4, -0.2) is 59.8 Å². The third-order valence-electron chi connectivity index (χ3n) is 3.55. The third-order valence-corrected chi connectivity index (χ3v) is 3.55. The van der Waals surface area contributed by atoms with Crippen LogP contribution in [-0.2, 0) is 0 Å². The highest BCUT2D eigenvalue weighted by Gasteiger charge is 2.86. The van der Waals surface area contributed by atoms with Crippen molar-refractivity contribution in [2.45, 2.75) is 68.2 Å². The first-order valence-electron chi connectivity index (χ1n) is 7.29. The van der Waals surface area contributed by atoms with Gasteiger partial charge in [-0.3, -0.25) is 0 Å². The Kier molecular flexibility index (Phi) is 7.70. The predicted molar refractivity (Wildman–Crippen MR) is 63.4 cm³/mol. The van der Waals surface area contributed by atoms with Gasteiger partial charge in [-0.05, 0) is 6.42 Å². The molecule has 0 heterocycles. The van der Waals surface area contributed by atoms with Crippen LogP contribution >= 0.6 is 0 Å². The Balaban J connectivity index is 6.71. The molecule has 0 aromatic carbocycles. The molecule has 0 bridgehead atoms. The van der Waals surface area contributed by atoms with Crippen LogP contribution in [0.25, 0.3) is 0 Å². The summed E-state index contributed by atoms with van der Waals surface area (Å²) in [5.41, 5.74) is 0. The van der Waals surface area contributed by atoms with E-state index in [2.05, 4.69) is 0 Å². The molecule has 0 aliphatic heterocycles. The van der Waals surface area contributed by atoms with Gasteiger partial charge in [0.15, 0.2) is 0 Å². The molecule has 0 spiro atoms. The zero-order valence-corrected chi connectivity index (χ0v) is 14.1. The number of hydrogen-bond acceptors (Lipinski definition) is 1. The fraction of sp³-hybridized carbons (Fsp3) is 1.00. The first kappa shape index (κ1) is 28.8. The molecular formula is C12H10F17N. The van der Waals surface area contributed by atoms with Crippen molar-refractivity contribution in [1.29, 1.82) is 0 Å². The highest BCUT2D eigenvalue weighted by Crippen LogP contribution is 2.57.